The normalized spacial score (nSPS) is 11.5. The highest BCUT2D eigenvalue weighted by Crippen LogP contribution is 2.26. The van der Waals surface area contributed by atoms with E-state index in [-0.39, 0.29) is 21.7 Å². The van der Waals surface area contributed by atoms with Crippen LogP contribution in [0.4, 0.5) is 4.79 Å². The number of ether oxygens (including phenoxy) is 2. The van der Waals surface area contributed by atoms with Crippen molar-refractivity contribution in [2.45, 2.75) is 26.4 Å². The highest BCUT2D eigenvalue weighted by Gasteiger charge is 2.28. The molecule has 0 aliphatic carbocycles. The standard InChI is InChI=1S/C15H17BClNO6/c1-15(2,3)24-14(20)18-11-7-9(13(19)23-4)10(17)5-8(11)6-12(18)16(21)22/h5-7,21-22H,1-4H3. The number of carbonyl (C=O) groups is 2. The van der Waals surface area contributed by atoms with Gasteiger partial charge in [0, 0.05) is 5.39 Å². The van der Waals surface area contributed by atoms with E-state index in [9.17, 15) is 19.6 Å². The summed E-state index contributed by atoms with van der Waals surface area (Å²) in [6.07, 6.45) is -0.807. The van der Waals surface area contributed by atoms with Crippen molar-refractivity contribution in [2.75, 3.05) is 7.11 Å². The summed E-state index contributed by atoms with van der Waals surface area (Å²) >= 11 is 6.05. The van der Waals surface area contributed by atoms with E-state index in [1.807, 2.05) is 0 Å². The molecular formula is C15H17BClNO6. The molecule has 0 atom stereocenters. The molecule has 9 heteroatoms. The Bertz CT molecular complexity index is 808. The average Bonchev–Trinajstić information content (AvgIpc) is 2.82. The second kappa shape index (κ2) is 6.47. The first-order chi connectivity index (χ1) is 11.0. The molecule has 0 aliphatic heterocycles. The van der Waals surface area contributed by atoms with Crippen LogP contribution in [0.3, 0.4) is 0 Å². The fraction of sp³-hybridized carbons (Fsp3) is 0.333. The Kier molecular flexibility index (Phi) is 4.93. The largest absolute Gasteiger partial charge is 0.506 e. The van der Waals surface area contributed by atoms with Gasteiger partial charge in [0.2, 0.25) is 0 Å². The van der Waals surface area contributed by atoms with Gasteiger partial charge in [-0.1, -0.05) is 11.6 Å². The van der Waals surface area contributed by atoms with Crippen molar-refractivity contribution in [1.82, 2.24) is 4.57 Å². The van der Waals surface area contributed by atoms with E-state index in [0.717, 1.165) is 4.57 Å². The lowest BCUT2D eigenvalue weighted by Crippen LogP contribution is -2.41. The summed E-state index contributed by atoms with van der Waals surface area (Å²) in [5.41, 5.74) is -0.591. The molecule has 0 saturated heterocycles. The Labute approximate surface area is 143 Å². The zero-order valence-electron chi connectivity index (χ0n) is 13.7. The van der Waals surface area contributed by atoms with Crippen LogP contribution in [0, 0.1) is 0 Å². The Balaban J connectivity index is 2.72. The monoisotopic (exact) mass is 353 g/mol. The molecule has 1 heterocycles. The van der Waals surface area contributed by atoms with Gasteiger partial charge in [-0.15, -0.1) is 0 Å². The SMILES string of the molecule is COC(=O)c1cc2c(cc1Cl)cc(B(O)O)n2C(=O)OC(C)(C)C. The van der Waals surface area contributed by atoms with Gasteiger partial charge in [-0.05, 0) is 39.0 Å². The number of rotatable bonds is 2. The summed E-state index contributed by atoms with van der Waals surface area (Å²) < 4.78 is 10.9. The van der Waals surface area contributed by atoms with Gasteiger partial charge < -0.3 is 19.5 Å². The quantitative estimate of drug-likeness (QED) is 0.628. The van der Waals surface area contributed by atoms with Crippen LogP contribution < -0.4 is 5.59 Å². The lowest BCUT2D eigenvalue weighted by molar-refractivity contribution is 0.0544. The number of carbonyl (C=O) groups excluding carboxylic acids is 2. The molecule has 0 bridgehead atoms. The molecule has 0 radical (unpaired) electrons. The third-order valence-electron chi connectivity index (χ3n) is 3.16. The van der Waals surface area contributed by atoms with E-state index in [2.05, 4.69) is 4.74 Å². The van der Waals surface area contributed by atoms with Gasteiger partial charge in [0.05, 0.1) is 28.8 Å². The van der Waals surface area contributed by atoms with Gasteiger partial charge in [-0.25, -0.2) is 9.59 Å². The van der Waals surface area contributed by atoms with Crippen LogP contribution in [-0.2, 0) is 9.47 Å². The number of nitrogens with zero attached hydrogens (tertiary/aromatic N) is 1. The first kappa shape index (κ1) is 18.3. The van der Waals surface area contributed by atoms with E-state index in [1.54, 1.807) is 20.8 Å². The third kappa shape index (κ3) is 3.56. The van der Waals surface area contributed by atoms with E-state index in [0.29, 0.717) is 5.39 Å². The molecule has 1 aromatic heterocycles. The zero-order chi connectivity index (χ0) is 18.2. The number of halogens is 1. The van der Waals surface area contributed by atoms with E-state index < -0.39 is 24.8 Å². The van der Waals surface area contributed by atoms with Gasteiger partial charge in [-0.2, -0.15) is 0 Å². The average molecular weight is 354 g/mol. The van der Waals surface area contributed by atoms with Crippen LogP contribution in [0.2, 0.25) is 5.02 Å². The molecular weight excluding hydrogens is 336 g/mol. The van der Waals surface area contributed by atoms with Crippen LogP contribution in [0.5, 0.6) is 0 Å². The lowest BCUT2D eigenvalue weighted by Gasteiger charge is -2.21. The van der Waals surface area contributed by atoms with Crippen LogP contribution in [0.25, 0.3) is 10.9 Å². The van der Waals surface area contributed by atoms with Crippen LogP contribution in [0.1, 0.15) is 31.1 Å². The number of hydrogen-bond acceptors (Lipinski definition) is 6. The summed E-state index contributed by atoms with van der Waals surface area (Å²) in [6, 6.07) is 4.17. The van der Waals surface area contributed by atoms with Crippen molar-refractivity contribution in [3.05, 3.63) is 28.8 Å². The van der Waals surface area contributed by atoms with Gasteiger partial charge in [-0.3, -0.25) is 4.57 Å². The molecule has 0 aliphatic rings. The molecule has 0 amide bonds. The molecule has 0 fully saturated rings. The van der Waals surface area contributed by atoms with E-state index in [4.69, 9.17) is 16.3 Å². The van der Waals surface area contributed by atoms with Gasteiger partial charge >= 0.3 is 19.2 Å². The molecule has 0 saturated carbocycles. The second-order valence-corrected chi connectivity index (χ2v) is 6.55. The Morgan fingerprint density at radius 3 is 2.33 bits per heavy atom. The number of methoxy groups -OCH3 is 1. The molecule has 2 rings (SSSR count). The summed E-state index contributed by atoms with van der Waals surface area (Å²) in [7, 11) is -0.705. The van der Waals surface area contributed by atoms with E-state index in [1.165, 1.54) is 25.3 Å². The van der Waals surface area contributed by atoms with Crippen LogP contribution >= 0.6 is 11.6 Å². The van der Waals surface area contributed by atoms with Crippen molar-refractivity contribution in [3.8, 4) is 0 Å². The minimum absolute atomic E-state index is 0.0496. The predicted molar refractivity (Wildman–Crippen MR) is 89.7 cm³/mol. The summed E-state index contributed by atoms with van der Waals surface area (Å²) in [5, 5.41) is 19.7. The van der Waals surface area contributed by atoms with Crippen LogP contribution in [-0.4, -0.2) is 46.5 Å². The minimum atomic E-state index is -1.91. The van der Waals surface area contributed by atoms with Crippen LogP contribution in [0.15, 0.2) is 18.2 Å². The number of aromatic nitrogens is 1. The van der Waals surface area contributed by atoms with E-state index >= 15 is 0 Å². The maximum Gasteiger partial charge on any atom is 0.506 e. The summed E-state index contributed by atoms with van der Waals surface area (Å²) in [5.74, 6) is -0.676. The second-order valence-electron chi connectivity index (χ2n) is 6.14. The highest BCUT2D eigenvalue weighted by molar-refractivity contribution is 6.59. The topological polar surface area (TPSA) is 98.0 Å². The minimum Gasteiger partial charge on any atom is -0.465 e. The third-order valence-corrected chi connectivity index (χ3v) is 3.48. The highest BCUT2D eigenvalue weighted by atomic mass is 35.5. The molecule has 128 valence electrons. The molecule has 0 unspecified atom stereocenters. The fourth-order valence-electron chi connectivity index (χ4n) is 2.22. The lowest BCUT2D eigenvalue weighted by atomic mass is 9.86. The number of hydrogen-bond donors (Lipinski definition) is 2. The summed E-state index contributed by atoms with van der Waals surface area (Å²) in [6.45, 7) is 5.05. The Hall–Kier alpha value is -2.03. The number of benzene rings is 1. The number of esters is 1. The first-order valence-electron chi connectivity index (χ1n) is 7.08. The first-order valence-corrected chi connectivity index (χ1v) is 7.45. The van der Waals surface area contributed by atoms with Crippen molar-refractivity contribution in [2.24, 2.45) is 0 Å². The summed E-state index contributed by atoms with van der Waals surface area (Å²) in [4.78, 5) is 24.3. The molecule has 2 N–H and O–H groups in total. The predicted octanol–water partition coefficient (Wildman–Crippen LogP) is 1.54. The number of fused-ring (bicyclic) bond motifs is 1. The van der Waals surface area contributed by atoms with Gasteiger partial charge in [0.25, 0.3) is 0 Å². The molecule has 2 aromatic rings. The van der Waals surface area contributed by atoms with Crippen molar-refractivity contribution in [3.63, 3.8) is 0 Å². The van der Waals surface area contributed by atoms with Crippen molar-refractivity contribution in [1.29, 1.82) is 0 Å². The zero-order valence-corrected chi connectivity index (χ0v) is 14.4. The molecule has 7 nitrogen and oxygen atoms in total. The molecule has 0 spiro atoms. The Morgan fingerprint density at radius 1 is 1.21 bits per heavy atom. The Morgan fingerprint density at radius 2 is 1.83 bits per heavy atom. The smallest absolute Gasteiger partial charge is 0.465 e. The maximum absolute atomic E-state index is 12.5. The fourth-order valence-corrected chi connectivity index (χ4v) is 2.47. The van der Waals surface area contributed by atoms with Crippen molar-refractivity contribution >= 4 is 47.3 Å². The van der Waals surface area contributed by atoms with Crippen molar-refractivity contribution < 1.29 is 29.1 Å². The van der Waals surface area contributed by atoms with Gasteiger partial charge in [0.15, 0.2) is 0 Å². The maximum atomic E-state index is 12.5. The van der Waals surface area contributed by atoms with Gasteiger partial charge in [0.1, 0.15) is 5.60 Å². The molecule has 24 heavy (non-hydrogen) atoms. The molecule has 1 aromatic carbocycles.